The number of nitrogen functional groups attached to an aromatic ring is 1. The molecule has 1 heterocycles. The molecule has 0 bridgehead atoms. The molecule has 0 spiro atoms. The van der Waals surface area contributed by atoms with Gasteiger partial charge in [0.1, 0.15) is 41.3 Å². The Labute approximate surface area is 161 Å². The summed E-state index contributed by atoms with van der Waals surface area (Å²) in [5.74, 6) is 0.872. The molecule has 3 aromatic rings. The molecule has 0 unspecified atom stereocenters. The third-order valence-electron chi connectivity index (χ3n) is 3.88. The van der Waals surface area contributed by atoms with Crippen LogP contribution in [0.5, 0.6) is 5.75 Å². The number of aryl methyl sites for hydroxylation is 1. The Bertz CT molecular complexity index is 1000. The Morgan fingerprint density at radius 3 is 2.63 bits per heavy atom. The lowest BCUT2D eigenvalue weighted by atomic mass is 10.2. The molecule has 2 N–H and O–H groups in total. The van der Waals surface area contributed by atoms with Gasteiger partial charge in [-0.3, -0.25) is 0 Å². The van der Waals surface area contributed by atoms with Crippen molar-refractivity contribution in [1.29, 1.82) is 5.26 Å². The molecule has 0 aliphatic heterocycles. The van der Waals surface area contributed by atoms with Gasteiger partial charge in [0.2, 0.25) is 0 Å². The molecule has 0 saturated carbocycles. The highest BCUT2D eigenvalue weighted by Crippen LogP contribution is 2.25. The molecule has 0 aliphatic carbocycles. The number of hydrogen-bond acceptors (Lipinski definition) is 6. The van der Waals surface area contributed by atoms with Crippen LogP contribution in [0, 0.1) is 24.1 Å². The maximum absolute atomic E-state index is 13.8. The van der Waals surface area contributed by atoms with Crippen LogP contribution < -0.4 is 10.5 Å². The number of benzene rings is 2. The highest BCUT2D eigenvalue weighted by atomic mass is 32.2. The van der Waals surface area contributed by atoms with E-state index in [0.717, 1.165) is 5.56 Å². The molecule has 5 nitrogen and oxygen atoms in total. The summed E-state index contributed by atoms with van der Waals surface area (Å²) >= 11 is 1.25. The van der Waals surface area contributed by atoms with E-state index in [9.17, 15) is 9.65 Å². The largest absolute Gasteiger partial charge is 0.487 e. The topological polar surface area (TPSA) is 84.8 Å². The molecule has 136 valence electrons. The van der Waals surface area contributed by atoms with E-state index in [0.29, 0.717) is 27.9 Å². The van der Waals surface area contributed by atoms with Crippen LogP contribution >= 0.6 is 11.8 Å². The van der Waals surface area contributed by atoms with Gasteiger partial charge in [0, 0.05) is 5.75 Å². The van der Waals surface area contributed by atoms with E-state index >= 15 is 0 Å². The van der Waals surface area contributed by atoms with Crippen LogP contribution in [-0.4, -0.2) is 9.97 Å². The first kappa shape index (κ1) is 18.7. The molecule has 0 saturated heterocycles. The van der Waals surface area contributed by atoms with Crippen molar-refractivity contribution in [3.8, 4) is 11.8 Å². The van der Waals surface area contributed by atoms with E-state index in [2.05, 4.69) is 9.97 Å². The Morgan fingerprint density at radius 2 is 1.89 bits per heavy atom. The van der Waals surface area contributed by atoms with Crippen LogP contribution in [0.1, 0.15) is 22.4 Å². The van der Waals surface area contributed by atoms with Crippen molar-refractivity contribution in [3.63, 3.8) is 0 Å². The fourth-order valence-electron chi connectivity index (χ4n) is 2.42. The van der Waals surface area contributed by atoms with Gasteiger partial charge >= 0.3 is 0 Å². The third kappa shape index (κ3) is 4.54. The molecule has 2 aromatic carbocycles. The van der Waals surface area contributed by atoms with Crippen molar-refractivity contribution >= 4 is 17.6 Å². The molecule has 0 amide bonds. The lowest BCUT2D eigenvalue weighted by molar-refractivity contribution is 0.297. The summed E-state index contributed by atoms with van der Waals surface area (Å²) in [6.07, 6.45) is 0. The van der Waals surface area contributed by atoms with Gasteiger partial charge in [0.15, 0.2) is 5.16 Å². The minimum Gasteiger partial charge on any atom is -0.487 e. The summed E-state index contributed by atoms with van der Waals surface area (Å²) < 4.78 is 19.6. The van der Waals surface area contributed by atoms with Crippen LogP contribution in [0.4, 0.5) is 10.2 Å². The highest BCUT2D eigenvalue weighted by Gasteiger charge is 2.14. The minimum absolute atomic E-state index is 0.0897. The number of nitrogens with two attached hydrogens (primary N) is 1. The SMILES string of the molecule is Cc1ccccc1OCc1nc(SCc2ccccc2F)nc(N)c1C#N. The summed E-state index contributed by atoms with van der Waals surface area (Å²) in [6.45, 7) is 2.03. The molecule has 0 aliphatic rings. The molecular weight excluding hydrogens is 363 g/mol. The van der Waals surface area contributed by atoms with E-state index < -0.39 is 0 Å². The first-order valence-electron chi connectivity index (χ1n) is 8.19. The summed E-state index contributed by atoms with van der Waals surface area (Å²) in [6, 6.07) is 16.1. The number of halogens is 1. The standard InChI is InChI=1S/C20H17FN4OS/c1-13-6-2-5-9-18(13)26-11-17-15(10-22)19(23)25-20(24-17)27-12-14-7-3-4-8-16(14)21/h2-9H,11-12H2,1H3,(H2,23,24,25). The molecular formula is C20H17FN4OS. The van der Waals surface area contributed by atoms with Crippen LogP contribution in [0.25, 0.3) is 0 Å². The molecule has 7 heteroatoms. The average molecular weight is 380 g/mol. The van der Waals surface area contributed by atoms with Gasteiger partial charge in [-0.1, -0.05) is 48.2 Å². The van der Waals surface area contributed by atoms with Crippen LogP contribution in [-0.2, 0) is 12.4 Å². The second kappa shape index (κ2) is 8.52. The van der Waals surface area contributed by atoms with Gasteiger partial charge in [-0.15, -0.1) is 0 Å². The second-order valence-electron chi connectivity index (χ2n) is 5.76. The Balaban J connectivity index is 1.80. The smallest absolute Gasteiger partial charge is 0.190 e. The van der Waals surface area contributed by atoms with Crippen LogP contribution in [0.15, 0.2) is 53.7 Å². The van der Waals surface area contributed by atoms with Crippen LogP contribution in [0.2, 0.25) is 0 Å². The van der Waals surface area contributed by atoms with Gasteiger partial charge in [0.05, 0.1) is 0 Å². The summed E-state index contributed by atoms with van der Waals surface area (Å²) in [7, 11) is 0. The van der Waals surface area contributed by atoms with Crippen molar-refractivity contribution in [2.75, 3.05) is 5.73 Å². The van der Waals surface area contributed by atoms with E-state index in [1.807, 2.05) is 37.3 Å². The normalized spacial score (nSPS) is 10.4. The van der Waals surface area contributed by atoms with Gasteiger partial charge in [-0.25, -0.2) is 14.4 Å². The first-order valence-corrected chi connectivity index (χ1v) is 9.18. The monoisotopic (exact) mass is 380 g/mol. The van der Waals surface area contributed by atoms with Gasteiger partial charge in [-0.2, -0.15) is 5.26 Å². The number of anilines is 1. The average Bonchev–Trinajstić information content (AvgIpc) is 2.66. The quantitative estimate of drug-likeness (QED) is 0.508. The van der Waals surface area contributed by atoms with Crippen molar-refractivity contribution in [2.45, 2.75) is 24.4 Å². The molecule has 0 atom stereocenters. The van der Waals surface area contributed by atoms with E-state index in [1.54, 1.807) is 18.2 Å². The predicted octanol–water partition coefficient (Wildman–Crippen LogP) is 4.25. The second-order valence-corrected chi connectivity index (χ2v) is 6.70. The van der Waals surface area contributed by atoms with Gasteiger partial charge in [-0.05, 0) is 30.2 Å². The minimum atomic E-state index is -0.283. The van der Waals surface area contributed by atoms with E-state index in [-0.39, 0.29) is 23.8 Å². The number of ether oxygens (including phenoxy) is 1. The van der Waals surface area contributed by atoms with Crippen molar-refractivity contribution in [3.05, 3.63) is 76.7 Å². The number of hydrogen-bond donors (Lipinski definition) is 1. The summed E-state index contributed by atoms with van der Waals surface area (Å²) in [5.41, 5.74) is 8.04. The Morgan fingerprint density at radius 1 is 1.15 bits per heavy atom. The predicted molar refractivity (Wildman–Crippen MR) is 103 cm³/mol. The number of para-hydroxylation sites is 1. The summed E-state index contributed by atoms with van der Waals surface area (Å²) in [4.78, 5) is 8.55. The highest BCUT2D eigenvalue weighted by molar-refractivity contribution is 7.98. The molecule has 27 heavy (non-hydrogen) atoms. The lowest BCUT2D eigenvalue weighted by Crippen LogP contribution is -2.08. The number of aromatic nitrogens is 2. The maximum Gasteiger partial charge on any atom is 0.190 e. The Kier molecular flexibility index (Phi) is 5.89. The van der Waals surface area contributed by atoms with Crippen molar-refractivity contribution < 1.29 is 9.13 Å². The molecule has 0 radical (unpaired) electrons. The Hall–Kier alpha value is -3.11. The fraction of sp³-hybridized carbons (Fsp3) is 0.150. The number of nitriles is 1. The molecule has 3 rings (SSSR count). The van der Waals surface area contributed by atoms with Crippen molar-refractivity contribution in [1.82, 2.24) is 9.97 Å². The van der Waals surface area contributed by atoms with Gasteiger partial charge < -0.3 is 10.5 Å². The zero-order chi connectivity index (χ0) is 19.2. The zero-order valence-electron chi connectivity index (χ0n) is 14.6. The number of nitrogens with zero attached hydrogens (tertiary/aromatic N) is 3. The van der Waals surface area contributed by atoms with E-state index in [4.69, 9.17) is 10.5 Å². The number of thioether (sulfide) groups is 1. The van der Waals surface area contributed by atoms with Gasteiger partial charge in [0.25, 0.3) is 0 Å². The van der Waals surface area contributed by atoms with Crippen LogP contribution in [0.3, 0.4) is 0 Å². The molecule has 0 fully saturated rings. The van der Waals surface area contributed by atoms with Crippen molar-refractivity contribution in [2.24, 2.45) is 0 Å². The lowest BCUT2D eigenvalue weighted by Gasteiger charge is -2.11. The third-order valence-corrected chi connectivity index (χ3v) is 4.77. The first-order chi connectivity index (χ1) is 13.1. The summed E-state index contributed by atoms with van der Waals surface area (Å²) in [5, 5.41) is 9.74. The fourth-order valence-corrected chi connectivity index (χ4v) is 3.27. The van der Waals surface area contributed by atoms with E-state index in [1.165, 1.54) is 17.8 Å². The number of rotatable bonds is 6. The zero-order valence-corrected chi connectivity index (χ0v) is 15.5. The maximum atomic E-state index is 13.8. The molecule has 1 aromatic heterocycles.